The van der Waals surface area contributed by atoms with E-state index in [1.165, 1.54) is 5.56 Å². The number of rotatable bonds is 7. The minimum absolute atomic E-state index is 0.0805. The van der Waals surface area contributed by atoms with E-state index in [-0.39, 0.29) is 12.0 Å². The smallest absolute Gasteiger partial charge is 0.270 e. The Morgan fingerprint density at radius 3 is 2.69 bits per heavy atom. The highest BCUT2D eigenvalue weighted by atomic mass is 16.3. The molecule has 0 bridgehead atoms. The lowest BCUT2D eigenvalue weighted by Gasteiger charge is -2.31. The zero-order valence-electron chi connectivity index (χ0n) is 20.9. The van der Waals surface area contributed by atoms with Crippen molar-refractivity contribution >= 4 is 22.9 Å². The van der Waals surface area contributed by atoms with E-state index in [2.05, 4.69) is 39.9 Å². The third-order valence-electron chi connectivity index (χ3n) is 7.81. The number of aromatic amines is 1. The fraction of sp³-hybridized carbons (Fsp3) is 0.593. The molecule has 4 heterocycles. The van der Waals surface area contributed by atoms with Crippen molar-refractivity contribution in [3.05, 3.63) is 42.0 Å². The van der Waals surface area contributed by atoms with Gasteiger partial charge in [0.1, 0.15) is 11.3 Å². The molecule has 1 aliphatic heterocycles. The molecular formula is C27H38N6O2. The summed E-state index contributed by atoms with van der Waals surface area (Å²) in [5.74, 6) is 1.14. The van der Waals surface area contributed by atoms with Crippen LogP contribution in [0.2, 0.25) is 0 Å². The SMILES string of the molecule is CCCC(C)Nc1ncc2c(C3CCN(C(=O)c4ccc[nH]4)CC3)cn(C3CCC(O)CC3)c2n1. The molecule has 188 valence electrons. The van der Waals surface area contributed by atoms with Crippen molar-refractivity contribution in [2.75, 3.05) is 18.4 Å². The minimum Gasteiger partial charge on any atom is -0.393 e. The first-order chi connectivity index (χ1) is 17.0. The van der Waals surface area contributed by atoms with Crippen LogP contribution in [0.5, 0.6) is 0 Å². The van der Waals surface area contributed by atoms with Gasteiger partial charge in [-0.15, -0.1) is 0 Å². The van der Waals surface area contributed by atoms with E-state index in [4.69, 9.17) is 4.98 Å². The van der Waals surface area contributed by atoms with Crippen LogP contribution in [0, 0.1) is 0 Å². The molecule has 35 heavy (non-hydrogen) atoms. The third kappa shape index (κ3) is 5.08. The van der Waals surface area contributed by atoms with Crippen molar-refractivity contribution in [3.8, 4) is 0 Å². The molecule has 1 amide bonds. The Morgan fingerprint density at radius 2 is 2.00 bits per heavy atom. The summed E-state index contributed by atoms with van der Waals surface area (Å²) in [6.07, 6.45) is 13.6. The Kier molecular flexibility index (Phi) is 7.09. The maximum absolute atomic E-state index is 12.8. The normalized spacial score (nSPS) is 22.4. The summed E-state index contributed by atoms with van der Waals surface area (Å²) in [4.78, 5) is 27.4. The molecule has 8 heteroatoms. The molecule has 1 atom stereocenters. The molecule has 0 radical (unpaired) electrons. The first kappa shape index (κ1) is 23.9. The van der Waals surface area contributed by atoms with Crippen LogP contribution >= 0.6 is 0 Å². The molecule has 2 fully saturated rings. The van der Waals surface area contributed by atoms with Crippen LogP contribution in [0.25, 0.3) is 11.0 Å². The number of fused-ring (bicyclic) bond motifs is 1. The van der Waals surface area contributed by atoms with E-state index in [0.717, 1.165) is 75.5 Å². The lowest BCUT2D eigenvalue weighted by Crippen LogP contribution is -2.38. The van der Waals surface area contributed by atoms with Gasteiger partial charge in [0.05, 0.1) is 6.10 Å². The molecule has 8 nitrogen and oxygen atoms in total. The van der Waals surface area contributed by atoms with Gasteiger partial charge in [-0.25, -0.2) is 4.98 Å². The summed E-state index contributed by atoms with van der Waals surface area (Å²) in [5.41, 5.74) is 2.95. The van der Waals surface area contributed by atoms with Crippen LogP contribution < -0.4 is 5.32 Å². The summed E-state index contributed by atoms with van der Waals surface area (Å²) in [5, 5.41) is 14.6. The number of carbonyl (C=O) groups is 1. The number of aliphatic hydroxyl groups is 1. The summed E-state index contributed by atoms with van der Waals surface area (Å²) in [6, 6.07) is 4.38. The van der Waals surface area contributed by atoms with Gasteiger partial charge in [0, 0.05) is 49.1 Å². The monoisotopic (exact) mass is 478 g/mol. The second kappa shape index (κ2) is 10.4. The maximum Gasteiger partial charge on any atom is 0.270 e. The van der Waals surface area contributed by atoms with E-state index >= 15 is 0 Å². The van der Waals surface area contributed by atoms with Gasteiger partial charge in [-0.1, -0.05) is 13.3 Å². The topological polar surface area (TPSA) is 99.1 Å². The van der Waals surface area contributed by atoms with Gasteiger partial charge in [0.15, 0.2) is 0 Å². The highest BCUT2D eigenvalue weighted by molar-refractivity contribution is 5.92. The van der Waals surface area contributed by atoms with E-state index in [1.807, 2.05) is 23.2 Å². The number of carbonyl (C=O) groups excluding carboxylic acids is 1. The molecule has 1 saturated carbocycles. The summed E-state index contributed by atoms with van der Waals surface area (Å²) in [6.45, 7) is 5.86. The van der Waals surface area contributed by atoms with Crippen molar-refractivity contribution in [3.63, 3.8) is 0 Å². The number of nitrogens with one attached hydrogen (secondary N) is 2. The molecule has 3 N–H and O–H groups in total. The van der Waals surface area contributed by atoms with Crippen LogP contribution in [0.15, 0.2) is 30.7 Å². The van der Waals surface area contributed by atoms with Gasteiger partial charge in [-0.2, -0.15) is 4.98 Å². The Balaban J connectivity index is 1.40. The number of nitrogens with zero attached hydrogens (tertiary/aromatic N) is 4. The van der Waals surface area contributed by atoms with E-state index in [9.17, 15) is 9.90 Å². The first-order valence-corrected chi connectivity index (χ1v) is 13.3. The van der Waals surface area contributed by atoms with Crippen molar-refractivity contribution in [2.45, 2.75) is 89.3 Å². The number of aliphatic hydroxyl groups excluding tert-OH is 1. The molecular weight excluding hydrogens is 440 g/mol. The average Bonchev–Trinajstić information content (AvgIpc) is 3.53. The number of likely N-dealkylation sites (tertiary alicyclic amines) is 1. The molecule has 1 aliphatic carbocycles. The number of aromatic nitrogens is 4. The lowest BCUT2D eigenvalue weighted by atomic mass is 9.89. The van der Waals surface area contributed by atoms with Gasteiger partial charge < -0.3 is 24.9 Å². The maximum atomic E-state index is 12.8. The quantitative estimate of drug-likeness (QED) is 0.451. The molecule has 0 spiro atoms. The Bertz CT molecular complexity index is 1120. The number of amides is 1. The number of anilines is 1. The minimum atomic E-state index is -0.184. The lowest BCUT2D eigenvalue weighted by molar-refractivity contribution is 0.0708. The number of H-pyrrole nitrogens is 1. The van der Waals surface area contributed by atoms with Gasteiger partial charge >= 0.3 is 0 Å². The van der Waals surface area contributed by atoms with Gasteiger partial charge in [0.2, 0.25) is 5.95 Å². The molecule has 3 aromatic rings. The predicted molar refractivity (Wildman–Crippen MR) is 138 cm³/mol. The van der Waals surface area contributed by atoms with Crippen LogP contribution in [-0.4, -0.2) is 60.7 Å². The number of piperidine rings is 1. The molecule has 5 rings (SSSR count). The van der Waals surface area contributed by atoms with Gasteiger partial charge in [-0.05, 0) is 75.5 Å². The highest BCUT2D eigenvalue weighted by Gasteiger charge is 2.30. The Hall–Kier alpha value is -2.87. The third-order valence-corrected chi connectivity index (χ3v) is 7.81. The summed E-state index contributed by atoms with van der Waals surface area (Å²) < 4.78 is 2.35. The van der Waals surface area contributed by atoms with E-state index < -0.39 is 0 Å². The summed E-state index contributed by atoms with van der Waals surface area (Å²) >= 11 is 0. The second-order valence-electron chi connectivity index (χ2n) is 10.4. The number of hydrogen-bond acceptors (Lipinski definition) is 5. The standard InChI is InChI=1S/C27H38N6O2/c1-3-5-18(2)30-27-29-16-22-23(17-33(25(22)31-27)20-7-9-21(34)10-8-20)19-11-14-32(15-12-19)26(35)24-6-4-13-28-24/h4,6,13,16-21,28,34H,3,5,7-12,14-15H2,1-2H3,(H,29,30,31). The van der Waals surface area contributed by atoms with Crippen molar-refractivity contribution in [2.24, 2.45) is 0 Å². The highest BCUT2D eigenvalue weighted by Crippen LogP contribution is 2.38. The van der Waals surface area contributed by atoms with Crippen LogP contribution in [0.4, 0.5) is 5.95 Å². The Labute approximate surface area is 207 Å². The van der Waals surface area contributed by atoms with Gasteiger partial charge in [0.25, 0.3) is 5.91 Å². The van der Waals surface area contributed by atoms with E-state index in [0.29, 0.717) is 29.6 Å². The fourth-order valence-electron chi connectivity index (χ4n) is 5.82. The predicted octanol–water partition coefficient (Wildman–Crippen LogP) is 4.86. The molecule has 3 aromatic heterocycles. The van der Waals surface area contributed by atoms with E-state index in [1.54, 1.807) is 6.20 Å². The Morgan fingerprint density at radius 1 is 1.23 bits per heavy atom. The molecule has 2 aliphatic rings. The van der Waals surface area contributed by atoms with Gasteiger partial charge in [-0.3, -0.25) is 4.79 Å². The van der Waals surface area contributed by atoms with Crippen molar-refractivity contribution < 1.29 is 9.90 Å². The first-order valence-electron chi connectivity index (χ1n) is 13.3. The fourth-order valence-corrected chi connectivity index (χ4v) is 5.82. The second-order valence-corrected chi connectivity index (χ2v) is 10.4. The molecule has 1 saturated heterocycles. The van der Waals surface area contributed by atoms with Crippen molar-refractivity contribution in [1.82, 2.24) is 24.4 Å². The molecule has 0 aromatic carbocycles. The summed E-state index contributed by atoms with van der Waals surface area (Å²) in [7, 11) is 0. The molecule has 1 unspecified atom stereocenters. The van der Waals surface area contributed by atoms with Crippen molar-refractivity contribution in [1.29, 1.82) is 0 Å². The van der Waals surface area contributed by atoms with Crippen LogP contribution in [0.1, 0.15) is 93.2 Å². The average molecular weight is 479 g/mol. The van der Waals surface area contributed by atoms with Crippen LogP contribution in [0.3, 0.4) is 0 Å². The largest absolute Gasteiger partial charge is 0.393 e. The number of hydrogen-bond donors (Lipinski definition) is 3. The zero-order valence-corrected chi connectivity index (χ0v) is 20.9. The van der Waals surface area contributed by atoms with Crippen LogP contribution in [-0.2, 0) is 0 Å². The zero-order chi connectivity index (χ0) is 24.4.